The second-order valence-corrected chi connectivity index (χ2v) is 8.11. The largest absolute Gasteiger partial charge is 0.433 e. The molecule has 0 radical (unpaired) electrons. The van der Waals surface area contributed by atoms with Crippen molar-refractivity contribution in [2.45, 2.75) is 38.5 Å². The molecule has 0 bridgehead atoms. The van der Waals surface area contributed by atoms with Crippen LogP contribution in [-0.2, 0) is 28.9 Å². The van der Waals surface area contributed by atoms with Gasteiger partial charge in [-0.1, -0.05) is 6.07 Å². The molecule has 0 saturated heterocycles. The molecule has 11 heteroatoms. The van der Waals surface area contributed by atoms with Crippen molar-refractivity contribution in [3.8, 4) is 0 Å². The van der Waals surface area contributed by atoms with Gasteiger partial charge in [-0.05, 0) is 24.6 Å². The van der Waals surface area contributed by atoms with Gasteiger partial charge in [0, 0.05) is 23.6 Å². The van der Waals surface area contributed by atoms with Gasteiger partial charge in [-0.25, -0.2) is 15.0 Å². The van der Waals surface area contributed by atoms with Crippen molar-refractivity contribution < 1.29 is 27.4 Å². The van der Waals surface area contributed by atoms with Crippen LogP contribution in [0.2, 0.25) is 0 Å². The average molecular weight is 459 g/mol. The van der Waals surface area contributed by atoms with E-state index >= 15 is 0 Å². The van der Waals surface area contributed by atoms with Gasteiger partial charge in [-0.15, -0.1) is 0 Å². The minimum absolute atomic E-state index is 0.0522. The number of hydrogen-bond donors (Lipinski definition) is 1. The van der Waals surface area contributed by atoms with E-state index in [0.29, 0.717) is 23.5 Å². The van der Waals surface area contributed by atoms with E-state index in [2.05, 4.69) is 15.0 Å². The number of nitrogen functional groups attached to an aromatic ring is 1. The lowest BCUT2D eigenvalue weighted by atomic mass is 10.0. The van der Waals surface area contributed by atoms with Crippen molar-refractivity contribution in [2.24, 2.45) is 0 Å². The number of fused-ring (bicyclic) bond motifs is 4. The summed E-state index contributed by atoms with van der Waals surface area (Å²) in [6.07, 6.45) is -3.27. The van der Waals surface area contributed by atoms with E-state index in [1.54, 1.807) is 13.1 Å². The zero-order valence-corrected chi connectivity index (χ0v) is 17.8. The van der Waals surface area contributed by atoms with Gasteiger partial charge in [0.05, 0.1) is 49.4 Å². The SMILES string of the molecule is C[C@H]1OCc2c1c(N)nc1cnc(C(=O)N(C)[C@@H]3COCc4nc(C(F)(F)F)ccc43)cc21. The number of carbonyl (C=O) groups is 1. The highest BCUT2D eigenvalue weighted by molar-refractivity contribution is 5.97. The summed E-state index contributed by atoms with van der Waals surface area (Å²) in [7, 11) is 1.56. The number of likely N-dealkylation sites (N-methyl/N-ethyl adjacent to an activating group) is 1. The molecule has 5 rings (SSSR count). The molecule has 172 valence electrons. The molecule has 0 aromatic carbocycles. The van der Waals surface area contributed by atoms with Crippen LogP contribution in [0.5, 0.6) is 0 Å². The van der Waals surface area contributed by atoms with Crippen LogP contribution in [0.15, 0.2) is 24.4 Å². The molecule has 0 spiro atoms. The Bertz CT molecular complexity index is 1280. The predicted molar refractivity (Wildman–Crippen MR) is 111 cm³/mol. The smallest absolute Gasteiger partial charge is 0.383 e. The van der Waals surface area contributed by atoms with Crippen LogP contribution in [0.25, 0.3) is 10.9 Å². The van der Waals surface area contributed by atoms with E-state index in [1.165, 1.54) is 17.2 Å². The van der Waals surface area contributed by atoms with E-state index in [-0.39, 0.29) is 30.7 Å². The Morgan fingerprint density at radius 1 is 1.24 bits per heavy atom. The summed E-state index contributed by atoms with van der Waals surface area (Å²) in [6.45, 7) is 2.32. The number of alkyl halides is 3. The van der Waals surface area contributed by atoms with E-state index in [0.717, 1.165) is 22.6 Å². The normalized spacial score (nSPS) is 19.9. The maximum atomic E-state index is 13.3. The third kappa shape index (κ3) is 3.57. The van der Waals surface area contributed by atoms with Crippen LogP contribution >= 0.6 is 0 Å². The maximum Gasteiger partial charge on any atom is 0.433 e. The lowest BCUT2D eigenvalue weighted by Crippen LogP contribution is -2.37. The molecule has 33 heavy (non-hydrogen) atoms. The van der Waals surface area contributed by atoms with E-state index in [1.807, 2.05) is 6.92 Å². The Kier molecular flexibility index (Phi) is 4.98. The van der Waals surface area contributed by atoms with Crippen molar-refractivity contribution in [2.75, 3.05) is 19.4 Å². The zero-order valence-electron chi connectivity index (χ0n) is 17.8. The summed E-state index contributed by atoms with van der Waals surface area (Å²) in [5.74, 6) is -0.0297. The van der Waals surface area contributed by atoms with Crippen molar-refractivity contribution in [3.63, 3.8) is 0 Å². The van der Waals surface area contributed by atoms with Gasteiger partial charge in [-0.2, -0.15) is 13.2 Å². The molecule has 1 amide bonds. The first-order valence-electron chi connectivity index (χ1n) is 10.3. The second kappa shape index (κ2) is 7.63. The Hall–Kier alpha value is -3.31. The number of carbonyl (C=O) groups excluding carboxylic acids is 1. The van der Waals surface area contributed by atoms with Gasteiger partial charge >= 0.3 is 6.18 Å². The van der Waals surface area contributed by atoms with Crippen LogP contribution in [0.1, 0.15) is 57.6 Å². The molecule has 2 N–H and O–H groups in total. The molecule has 2 aliphatic rings. The van der Waals surface area contributed by atoms with Crippen molar-refractivity contribution in [1.82, 2.24) is 19.9 Å². The lowest BCUT2D eigenvalue weighted by Gasteiger charge is -2.32. The zero-order chi connectivity index (χ0) is 23.5. The fourth-order valence-electron chi connectivity index (χ4n) is 4.38. The molecule has 8 nitrogen and oxygen atoms in total. The van der Waals surface area contributed by atoms with Crippen LogP contribution in [-0.4, -0.2) is 39.4 Å². The number of pyridine rings is 3. The minimum atomic E-state index is -4.56. The molecule has 0 unspecified atom stereocenters. The van der Waals surface area contributed by atoms with Gasteiger partial charge in [-0.3, -0.25) is 4.79 Å². The highest BCUT2D eigenvalue weighted by atomic mass is 19.4. The maximum absolute atomic E-state index is 13.3. The summed E-state index contributed by atoms with van der Waals surface area (Å²) in [5, 5.41) is 0.729. The van der Waals surface area contributed by atoms with Gasteiger partial charge in [0.1, 0.15) is 17.2 Å². The fourth-order valence-corrected chi connectivity index (χ4v) is 4.38. The first-order chi connectivity index (χ1) is 15.6. The molecular formula is C22H20F3N5O3. The standard InChI is InChI=1S/C22H20F3N5O3/c1-10-19-13(7-33-10)12-5-14(27-6-15(12)29-20(19)26)21(31)30(2)17-9-32-8-16-11(17)3-4-18(28-16)22(23,24)25/h3-6,10,17H,7-9H2,1-2H3,(H2,26,29)/t10-,17-/m1/s1. The van der Waals surface area contributed by atoms with Crippen molar-refractivity contribution >= 4 is 22.6 Å². The topological polar surface area (TPSA) is 103 Å². The number of halogens is 3. The molecule has 2 aliphatic heterocycles. The highest BCUT2D eigenvalue weighted by Gasteiger charge is 2.36. The van der Waals surface area contributed by atoms with E-state index in [9.17, 15) is 18.0 Å². The molecule has 0 fully saturated rings. The minimum Gasteiger partial charge on any atom is -0.383 e. The second-order valence-electron chi connectivity index (χ2n) is 8.11. The number of ether oxygens (including phenoxy) is 2. The Balaban J connectivity index is 1.49. The number of rotatable bonds is 2. The third-order valence-electron chi connectivity index (χ3n) is 6.11. The number of anilines is 1. The van der Waals surface area contributed by atoms with Gasteiger partial charge in [0.15, 0.2) is 0 Å². The fraction of sp³-hybridized carbons (Fsp3) is 0.364. The van der Waals surface area contributed by atoms with Crippen LogP contribution in [0, 0.1) is 0 Å². The summed E-state index contributed by atoms with van der Waals surface area (Å²) in [4.78, 5) is 27.0. The Labute approximate surface area is 186 Å². The molecule has 3 aromatic rings. The number of amides is 1. The summed E-state index contributed by atoms with van der Waals surface area (Å²) in [5.41, 5.74) is 8.16. The number of nitrogens with zero attached hydrogens (tertiary/aromatic N) is 4. The van der Waals surface area contributed by atoms with Crippen LogP contribution in [0.3, 0.4) is 0 Å². The summed E-state index contributed by atoms with van der Waals surface area (Å²) >= 11 is 0. The number of nitrogens with two attached hydrogens (primary N) is 1. The summed E-state index contributed by atoms with van der Waals surface area (Å²) in [6, 6.07) is 3.32. The predicted octanol–water partition coefficient (Wildman–Crippen LogP) is 3.56. The van der Waals surface area contributed by atoms with Crippen molar-refractivity contribution in [3.05, 3.63) is 58.2 Å². The monoisotopic (exact) mass is 459 g/mol. The first kappa shape index (κ1) is 21.5. The quantitative estimate of drug-likeness (QED) is 0.625. The van der Waals surface area contributed by atoms with Gasteiger partial charge < -0.3 is 20.1 Å². The third-order valence-corrected chi connectivity index (χ3v) is 6.11. The van der Waals surface area contributed by atoms with Crippen LogP contribution in [0.4, 0.5) is 19.0 Å². The van der Waals surface area contributed by atoms with E-state index in [4.69, 9.17) is 15.2 Å². The van der Waals surface area contributed by atoms with Gasteiger partial charge in [0.2, 0.25) is 0 Å². The molecule has 0 aliphatic carbocycles. The molecule has 2 atom stereocenters. The number of aromatic nitrogens is 3. The molecule has 3 aromatic heterocycles. The Morgan fingerprint density at radius 2 is 2.03 bits per heavy atom. The van der Waals surface area contributed by atoms with Crippen molar-refractivity contribution in [1.29, 1.82) is 0 Å². The lowest BCUT2D eigenvalue weighted by molar-refractivity contribution is -0.141. The first-order valence-corrected chi connectivity index (χ1v) is 10.3. The molecular weight excluding hydrogens is 439 g/mol. The average Bonchev–Trinajstić information content (AvgIpc) is 3.19. The molecule has 5 heterocycles. The van der Waals surface area contributed by atoms with Gasteiger partial charge in [0.25, 0.3) is 5.91 Å². The highest BCUT2D eigenvalue weighted by Crippen LogP contribution is 2.38. The van der Waals surface area contributed by atoms with E-state index < -0.39 is 23.8 Å². The number of hydrogen-bond acceptors (Lipinski definition) is 7. The Morgan fingerprint density at radius 3 is 2.79 bits per heavy atom. The summed E-state index contributed by atoms with van der Waals surface area (Å²) < 4.78 is 50.3. The van der Waals surface area contributed by atoms with Crippen LogP contribution < -0.4 is 5.73 Å². The molecule has 0 saturated carbocycles.